The summed E-state index contributed by atoms with van der Waals surface area (Å²) in [6, 6.07) is 16.8. The monoisotopic (exact) mass is 477 g/mol. The van der Waals surface area contributed by atoms with Gasteiger partial charge in [-0.15, -0.1) is 0 Å². The zero-order chi connectivity index (χ0) is 26.2. The lowest BCUT2D eigenvalue weighted by molar-refractivity contribution is -0.114. The number of ketones is 1. The smallest absolute Gasteiger partial charge is 0.252 e. The molecule has 6 nitrogen and oxygen atoms in total. The van der Waals surface area contributed by atoms with Crippen LogP contribution in [0.25, 0.3) is 0 Å². The molecule has 0 aliphatic carbocycles. The molecule has 188 valence electrons. The summed E-state index contributed by atoms with van der Waals surface area (Å²) in [4.78, 5) is 25.5. The molecule has 0 saturated heterocycles. The highest BCUT2D eigenvalue weighted by molar-refractivity contribution is 6.29. The van der Waals surface area contributed by atoms with Gasteiger partial charge in [-0.3, -0.25) is 14.6 Å². The van der Waals surface area contributed by atoms with Crippen LogP contribution in [0, 0.1) is 5.92 Å². The maximum atomic E-state index is 11.5. The molecule has 1 heterocycles. The molecule has 0 spiro atoms. The number of ether oxygens (including phenoxy) is 1. The molecule has 0 saturated carbocycles. The van der Waals surface area contributed by atoms with E-state index in [4.69, 9.17) is 16.2 Å². The summed E-state index contributed by atoms with van der Waals surface area (Å²) in [5.41, 5.74) is 13.2. The average Bonchev–Trinajstić information content (AvgIpc) is 3.26. The van der Waals surface area contributed by atoms with E-state index in [2.05, 4.69) is 32.3 Å². The van der Waals surface area contributed by atoms with Gasteiger partial charge in [0.25, 0.3) is 5.91 Å². The third-order valence-corrected chi connectivity index (χ3v) is 5.35. The fraction of sp³-hybridized carbons (Fsp3) is 0.345. The van der Waals surface area contributed by atoms with E-state index in [9.17, 15) is 9.59 Å². The van der Waals surface area contributed by atoms with Crippen LogP contribution in [0.4, 0.5) is 0 Å². The summed E-state index contributed by atoms with van der Waals surface area (Å²) in [5.74, 6) is 1.87. The fourth-order valence-corrected chi connectivity index (χ4v) is 3.05. The van der Waals surface area contributed by atoms with Gasteiger partial charge < -0.3 is 16.2 Å². The molecule has 2 aromatic carbocycles. The first-order chi connectivity index (χ1) is 16.7. The second-order valence-corrected chi connectivity index (χ2v) is 8.34. The highest BCUT2D eigenvalue weighted by Gasteiger charge is 2.23. The summed E-state index contributed by atoms with van der Waals surface area (Å²) in [5, 5.41) is 0. The van der Waals surface area contributed by atoms with Crippen molar-refractivity contribution in [3.63, 3.8) is 0 Å². The van der Waals surface area contributed by atoms with E-state index in [1.54, 1.807) is 0 Å². The number of amides is 1. The molecule has 6 heteroatoms. The van der Waals surface area contributed by atoms with Gasteiger partial charge in [0.1, 0.15) is 11.5 Å². The number of nitrogens with two attached hydrogens (primary N) is 2. The van der Waals surface area contributed by atoms with Crippen molar-refractivity contribution in [2.24, 2.45) is 22.4 Å². The normalized spacial score (nSPS) is 12.9. The average molecular weight is 478 g/mol. The number of para-hydroxylation sites is 1. The number of hydrogen-bond donors (Lipinski definition) is 2. The van der Waals surface area contributed by atoms with Crippen molar-refractivity contribution in [3.05, 3.63) is 84.1 Å². The first-order valence-electron chi connectivity index (χ1n) is 12.0. The largest absolute Gasteiger partial charge is 0.457 e. The number of rotatable bonds is 9. The SMILES string of the molecule is C=CC(C)=O.CCCC[C@@H](C)CC.NC(=O)C1=C(N)CN=C1c1ccc(Oc2ccccc2)cc1. The zero-order valence-electron chi connectivity index (χ0n) is 21.4. The molecule has 0 fully saturated rings. The van der Waals surface area contributed by atoms with Crippen LogP contribution < -0.4 is 16.2 Å². The Morgan fingerprint density at radius 2 is 1.66 bits per heavy atom. The molecular formula is C29H39N3O3. The third-order valence-electron chi connectivity index (χ3n) is 5.35. The van der Waals surface area contributed by atoms with Gasteiger partial charge in [0.2, 0.25) is 0 Å². The van der Waals surface area contributed by atoms with E-state index in [0.717, 1.165) is 17.2 Å². The Labute approximate surface area is 209 Å². The Kier molecular flexibility index (Phi) is 13.5. The summed E-state index contributed by atoms with van der Waals surface area (Å²) in [6.07, 6.45) is 6.81. The van der Waals surface area contributed by atoms with Crippen molar-refractivity contribution in [1.82, 2.24) is 0 Å². The Hall–Kier alpha value is -3.67. The van der Waals surface area contributed by atoms with Gasteiger partial charge in [0.05, 0.1) is 17.8 Å². The number of hydrogen-bond acceptors (Lipinski definition) is 5. The lowest BCUT2D eigenvalue weighted by Crippen LogP contribution is -2.22. The number of primary amides is 1. The van der Waals surface area contributed by atoms with Crippen LogP contribution in [0.5, 0.6) is 11.5 Å². The molecule has 0 unspecified atom stereocenters. The molecule has 1 aliphatic heterocycles. The van der Waals surface area contributed by atoms with Gasteiger partial charge in [-0.25, -0.2) is 0 Å². The predicted octanol–water partition coefficient (Wildman–Crippen LogP) is 5.96. The summed E-state index contributed by atoms with van der Waals surface area (Å²) in [7, 11) is 0. The number of aliphatic imine (C=N–C) groups is 1. The lowest BCUT2D eigenvalue weighted by atomic mass is 10.0. The predicted molar refractivity (Wildman–Crippen MR) is 145 cm³/mol. The molecule has 1 atom stereocenters. The molecule has 2 aromatic rings. The van der Waals surface area contributed by atoms with Crippen LogP contribution in [0.15, 0.2) is 83.5 Å². The second kappa shape index (κ2) is 16.0. The molecule has 4 N–H and O–H groups in total. The number of allylic oxidation sites excluding steroid dienone is 1. The highest BCUT2D eigenvalue weighted by Crippen LogP contribution is 2.24. The molecule has 0 radical (unpaired) electrons. The fourth-order valence-electron chi connectivity index (χ4n) is 3.05. The minimum Gasteiger partial charge on any atom is -0.457 e. The van der Waals surface area contributed by atoms with E-state index < -0.39 is 5.91 Å². The van der Waals surface area contributed by atoms with Crippen LogP contribution in [-0.4, -0.2) is 23.9 Å². The first-order valence-corrected chi connectivity index (χ1v) is 12.0. The molecule has 1 amide bonds. The maximum Gasteiger partial charge on any atom is 0.252 e. The quantitative estimate of drug-likeness (QED) is 0.434. The van der Waals surface area contributed by atoms with Gasteiger partial charge in [0.15, 0.2) is 5.78 Å². The van der Waals surface area contributed by atoms with Gasteiger partial charge in [-0.05, 0) is 55.3 Å². The summed E-state index contributed by atoms with van der Waals surface area (Å²) < 4.78 is 5.72. The minimum absolute atomic E-state index is 0.0185. The van der Waals surface area contributed by atoms with Gasteiger partial charge in [-0.2, -0.15) is 0 Å². The van der Waals surface area contributed by atoms with Crippen LogP contribution in [0.1, 0.15) is 58.9 Å². The maximum absolute atomic E-state index is 11.5. The van der Waals surface area contributed by atoms with E-state index in [0.29, 0.717) is 29.3 Å². The Morgan fingerprint density at radius 1 is 1.09 bits per heavy atom. The van der Waals surface area contributed by atoms with Crippen molar-refractivity contribution >= 4 is 17.4 Å². The minimum atomic E-state index is -0.557. The molecule has 1 aliphatic rings. The van der Waals surface area contributed by atoms with E-state index >= 15 is 0 Å². The number of carbonyl (C=O) groups is 2. The number of carbonyl (C=O) groups excluding carboxylic acids is 2. The van der Waals surface area contributed by atoms with Crippen LogP contribution in [0.2, 0.25) is 0 Å². The van der Waals surface area contributed by atoms with Gasteiger partial charge in [0, 0.05) is 11.3 Å². The molecule has 3 rings (SSSR count). The number of unbranched alkanes of at least 4 members (excludes halogenated alkanes) is 1. The third kappa shape index (κ3) is 10.9. The number of benzene rings is 2. The van der Waals surface area contributed by atoms with E-state index in [1.807, 2.05) is 54.6 Å². The van der Waals surface area contributed by atoms with Gasteiger partial charge >= 0.3 is 0 Å². The van der Waals surface area contributed by atoms with Crippen LogP contribution in [0.3, 0.4) is 0 Å². The van der Waals surface area contributed by atoms with E-state index in [-0.39, 0.29) is 5.78 Å². The topological polar surface area (TPSA) is 108 Å². The van der Waals surface area contributed by atoms with Crippen molar-refractivity contribution in [1.29, 1.82) is 0 Å². The Balaban J connectivity index is 0.000000392. The van der Waals surface area contributed by atoms with Crippen LogP contribution >= 0.6 is 0 Å². The van der Waals surface area contributed by atoms with Crippen molar-refractivity contribution in [2.75, 3.05) is 6.54 Å². The number of nitrogens with zero attached hydrogens (tertiary/aromatic N) is 1. The Morgan fingerprint density at radius 3 is 2.14 bits per heavy atom. The van der Waals surface area contributed by atoms with Crippen molar-refractivity contribution in [2.45, 2.75) is 53.4 Å². The van der Waals surface area contributed by atoms with E-state index in [1.165, 1.54) is 38.7 Å². The van der Waals surface area contributed by atoms with Crippen LogP contribution in [-0.2, 0) is 9.59 Å². The first kappa shape index (κ1) is 29.4. The molecule has 0 aromatic heterocycles. The molecule has 35 heavy (non-hydrogen) atoms. The van der Waals surface area contributed by atoms with Gasteiger partial charge in [-0.1, -0.05) is 71.2 Å². The standard InChI is InChI=1S/C17H15N3O2.C8H18.C4H6O/c18-14-10-20-16(15(14)17(19)21)11-6-8-13(9-7-11)22-12-4-2-1-3-5-12;1-4-6-7-8(3)5-2;1-3-4(2)5/h1-9H,10,18H2,(H2,19,21);8H,4-7H2,1-3H3;3H,1H2,2H3/t;8-;/m.0./s1. The molecule has 0 bridgehead atoms. The Bertz CT molecular complexity index is 1010. The lowest BCUT2D eigenvalue weighted by Gasteiger charge is -2.08. The summed E-state index contributed by atoms with van der Waals surface area (Å²) >= 11 is 0. The zero-order valence-corrected chi connectivity index (χ0v) is 21.4. The summed E-state index contributed by atoms with van der Waals surface area (Å²) in [6.45, 7) is 11.8. The second-order valence-electron chi connectivity index (χ2n) is 8.34. The van der Waals surface area contributed by atoms with Crippen molar-refractivity contribution < 1.29 is 14.3 Å². The van der Waals surface area contributed by atoms with Crippen molar-refractivity contribution in [3.8, 4) is 11.5 Å². The molecular weight excluding hydrogens is 438 g/mol. The highest BCUT2D eigenvalue weighted by atomic mass is 16.5.